The van der Waals surface area contributed by atoms with Crippen molar-refractivity contribution in [3.63, 3.8) is 0 Å². The third-order valence-electron chi connectivity index (χ3n) is 4.01. The van der Waals surface area contributed by atoms with Gasteiger partial charge in [0.25, 0.3) is 0 Å². The molecule has 1 unspecified atom stereocenters. The smallest absolute Gasteiger partial charge is 0.195 e. The van der Waals surface area contributed by atoms with Crippen LogP contribution in [0.5, 0.6) is 0 Å². The molecule has 0 radical (unpaired) electrons. The van der Waals surface area contributed by atoms with Gasteiger partial charge in [-0.25, -0.2) is 0 Å². The summed E-state index contributed by atoms with van der Waals surface area (Å²) in [6.07, 6.45) is 4.20. The van der Waals surface area contributed by atoms with Gasteiger partial charge in [0.15, 0.2) is 8.32 Å². The minimum atomic E-state index is -1.76. The Morgan fingerprint density at radius 1 is 1.26 bits per heavy atom. The maximum absolute atomic E-state index is 6.38. The standard InChI is InChI=1S/C15H22BrNOSi/c1-15(2,3)19(4,5)18-13-10-9-11-7-6-8-12(16)14(11)17-13/h6-10,13,17H,1-5H3. The minimum Gasteiger partial charge on any atom is -0.394 e. The van der Waals surface area contributed by atoms with E-state index in [-0.39, 0.29) is 11.3 Å². The van der Waals surface area contributed by atoms with Gasteiger partial charge in [0.1, 0.15) is 6.23 Å². The molecule has 0 spiro atoms. The Bertz CT molecular complexity index is 505. The molecular weight excluding hydrogens is 318 g/mol. The molecule has 0 saturated carbocycles. The molecular formula is C15H22BrNOSi. The summed E-state index contributed by atoms with van der Waals surface area (Å²) in [4.78, 5) is 0. The quantitative estimate of drug-likeness (QED) is 0.744. The van der Waals surface area contributed by atoms with E-state index in [1.165, 1.54) is 5.56 Å². The van der Waals surface area contributed by atoms with Gasteiger partial charge in [-0.05, 0) is 51.8 Å². The average Bonchev–Trinajstić information content (AvgIpc) is 2.28. The fourth-order valence-electron chi connectivity index (χ4n) is 1.78. The number of hydrogen-bond donors (Lipinski definition) is 1. The summed E-state index contributed by atoms with van der Waals surface area (Å²) in [5.41, 5.74) is 2.32. The lowest BCUT2D eigenvalue weighted by molar-refractivity contribution is 0.250. The number of halogens is 1. The van der Waals surface area contributed by atoms with Crippen molar-refractivity contribution in [3.05, 3.63) is 34.3 Å². The summed E-state index contributed by atoms with van der Waals surface area (Å²) >= 11 is 3.59. The highest BCUT2D eigenvalue weighted by Gasteiger charge is 2.39. The number of fused-ring (bicyclic) bond motifs is 1. The van der Waals surface area contributed by atoms with E-state index in [1.807, 2.05) is 12.1 Å². The Morgan fingerprint density at radius 3 is 2.58 bits per heavy atom. The van der Waals surface area contributed by atoms with E-state index in [1.54, 1.807) is 0 Å². The van der Waals surface area contributed by atoms with Gasteiger partial charge in [0, 0.05) is 4.47 Å². The van der Waals surface area contributed by atoms with Crippen LogP contribution in [0.15, 0.2) is 28.7 Å². The molecule has 0 saturated heterocycles. The van der Waals surface area contributed by atoms with Gasteiger partial charge in [-0.2, -0.15) is 0 Å². The van der Waals surface area contributed by atoms with E-state index in [0.29, 0.717) is 0 Å². The van der Waals surface area contributed by atoms with Crippen molar-refractivity contribution < 1.29 is 4.43 Å². The normalized spacial score (nSPS) is 18.9. The highest BCUT2D eigenvalue weighted by Crippen LogP contribution is 2.39. The molecule has 2 nitrogen and oxygen atoms in total. The third-order valence-corrected chi connectivity index (χ3v) is 9.13. The zero-order chi connectivity index (χ0) is 14.3. The zero-order valence-electron chi connectivity index (χ0n) is 12.3. The maximum atomic E-state index is 6.38. The topological polar surface area (TPSA) is 21.3 Å². The maximum Gasteiger partial charge on any atom is 0.195 e. The molecule has 104 valence electrons. The zero-order valence-corrected chi connectivity index (χ0v) is 14.8. The summed E-state index contributed by atoms with van der Waals surface area (Å²) in [6.45, 7) is 11.3. The van der Waals surface area contributed by atoms with Crippen molar-refractivity contribution in [3.8, 4) is 0 Å². The predicted molar refractivity (Wildman–Crippen MR) is 88.9 cm³/mol. The third kappa shape index (κ3) is 3.12. The first-order valence-electron chi connectivity index (χ1n) is 6.62. The summed E-state index contributed by atoms with van der Waals surface area (Å²) < 4.78 is 7.46. The van der Waals surface area contributed by atoms with Gasteiger partial charge in [0.2, 0.25) is 0 Å². The molecule has 0 fully saturated rings. The monoisotopic (exact) mass is 339 g/mol. The lowest BCUT2D eigenvalue weighted by atomic mass is 10.1. The Balaban J connectivity index is 2.18. The van der Waals surface area contributed by atoms with Crippen LogP contribution in [0.1, 0.15) is 26.3 Å². The summed E-state index contributed by atoms with van der Waals surface area (Å²) in [7, 11) is -1.76. The molecule has 1 aliphatic heterocycles. The molecule has 1 heterocycles. The molecule has 4 heteroatoms. The van der Waals surface area contributed by atoms with Crippen LogP contribution in [-0.2, 0) is 4.43 Å². The van der Waals surface area contributed by atoms with E-state index in [4.69, 9.17) is 4.43 Å². The van der Waals surface area contributed by atoms with E-state index < -0.39 is 8.32 Å². The van der Waals surface area contributed by atoms with Crippen LogP contribution in [0.25, 0.3) is 6.08 Å². The second-order valence-electron chi connectivity index (χ2n) is 6.51. The first-order chi connectivity index (χ1) is 8.71. The van der Waals surface area contributed by atoms with Crippen molar-refractivity contribution >= 4 is 36.0 Å². The van der Waals surface area contributed by atoms with Crippen LogP contribution in [0.4, 0.5) is 5.69 Å². The van der Waals surface area contributed by atoms with E-state index in [9.17, 15) is 0 Å². The number of hydrogen-bond acceptors (Lipinski definition) is 2. The number of benzene rings is 1. The van der Waals surface area contributed by atoms with Crippen LogP contribution >= 0.6 is 15.9 Å². The number of rotatable bonds is 2. The Hall–Kier alpha value is -0.583. The SMILES string of the molecule is CC(C)(C)[Si](C)(C)OC1C=Cc2cccc(Br)c2N1. The highest BCUT2D eigenvalue weighted by atomic mass is 79.9. The molecule has 1 atom stereocenters. The van der Waals surface area contributed by atoms with Crippen LogP contribution < -0.4 is 5.32 Å². The van der Waals surface area contributed by atoms with Crippen LogP contribution in [0.3, 0.4) is 0 Å². The first-order valence-corrected chi connectivity index (χ1v) is 10.3. The van der Waals surface area contributed by atoms with Crippen molar-refractivity contribution in [1.82, 2.24) is 0 Å². The molecule has 0 aliphatic carbocycles. The van der Waals surface area contributed by atoms with E-state index in [0.717, 1.165) is 10.2 Å². The van der Waals surface area contributed by atoms with Gasteiger partial charge in [-0.1, -0.05) is 39.0 Å². The number of nitrogens with one attached hydrogen (secondary N) is 1. The molecule has 1 N–H and O–H groups in total. The van der Waals surface area contributed by atoms with Crippen molar-refractivity contribution in [2.75, 3.05) is 5.32 Å². The van der Waals surface area contributed by atoms with Crippen LogP contribution in [-0.4, -0.2) is 14.5 Å². The molecule has 1 aromatic carbocycles. The fourth-order valence-corrected chi connectivity index (χ4v) is 3.40. The highest BCUT2D eigenvalue weighted by molar-refractivity contribution is 9.10. The van der Waals surface area contributed by atoms with Gasteiger partial charge in [-0.3, -0.25) is 0 Å². The number of anilines is 1. The minimum absolute atomic E-state index is 0.0351. The molecule has 1 aromatic rings. The van der Waals surface area contributed by atoms with Gasteiger partial charge in [0.05, 0.1) is 5.69 Å². The molecule has 1 aliphatic rings. The number of para-hydroxylation sites is 1. The summed E-state index contributed by atoms with van der Waals surface area (Å²) in [5.74, 6) is 0. The van der Waals surface area contributed by atoms with E-state index in [2.05, 4.69) is 73.3 Å². The summed E-state index contributed by atoms with van der Waals surface area (Å²) in [5, 5.41) is 3.69. The second kappa shape index (κ2) is 5.07. The fraction of sp³-hybridized carbons (Fsp3) is 0.467. The van der Waals surface area contributed by atoms with Gasteiger partial charge in [-0.15, -0.1) is 0 Å². The first kappa shape index (κ1) is 14.8. The Labute approximate surface area is 125 Å². The lowest BCUT2D eigenvalue weighted by Gasteiger charge is -2.39. The van der Waals surface area contributed by atoms with Crippen LogP contribution in [0.2, 0.25) is 18.1 Å². The Morgan fingerprint density at radius 2 is 1.95 bits per heavy atom. The van der Waals surface area contributed by atoms with Crippen molar-refractivity contribution in [2.24, 2.45) is 0 Å². The molecule has 0 amide bonds. The molecule has 19 heavy (non-hydrogen) atoms. The van der Waals surface area contributed by atoms with E-state index >= 15 is 0 Å². The molecule has 0 aromatic heterocycles. The van der Waals surface area contributed by atoms with Crippen molar-refractivity contribution in [1.29, 1.82) is 0 Å². The van der Waals surface area contributed by atoms with Gasteiger partial charge < -0.3 is 9.74 Å². The van der Waals surface area contributed by atoms with Gasteiger partial charge >= 0.3 is 0 Å². The largest absolute Gasteiger partial charge is 0.394 e. The summed E-state index contributed by atoms with van der Waals surface area (Å²) in [6, 6.07) is 6.20. The lowest BCUT2D eigenvalue weighted by Crippen LogP contribution is -2.45. The Kier molecular flexibility index (Phi) is 3.96. The second-order valence-corrected chi connectivity index (χ2v) is 12.1. The van der Waals surface area contributed by atoms with Crippen molar-refractivity contribution in [2.45, 2.75) is 45.1 Å². The predicted octanol–water partition coefficient (Wildman–Crippen LogP) is 5.24. The van der Waals surface area contributed by atoms with Crippen LogP contribution in [0, 0.1) is 0 Å². The molecule has 2 rings (SSSR count). The average molecular weight is 340 g/mol. The molecule has 0 bridgehead atoms.